The molecule has 0 spiro atoms. The van der Waals surface area contributed by atoms with Gasteiger partial charge in [-0.1, -0.05) is 25.1 Å². The van der Waals surface area contributed by atoms with E-state index in [0.717, 1.165) is 16.8 Å². The first kappa shape index (κ1) is 21.1. The van der Waals surface area contributed by atoms with Crippen LogP contribution < -0.4 is 10.6 Å². The highest BCUT2D eigenvalue weighted by atomic mass is 127. The van der Waals surface area contributed by atoms with Gasteiger partial charge in [0.2, 0.25) is 0 Å². The van der Waals surface area contributed by atoms with Gasteiger partial charge < -0.3 is 20.8 Å². The molecule has 2 atom stereocenters. The maximum absolute atomic E-state index is 10.4. The highest BCUT2D eigenvalue weighted by molar-refractivity contribution is 14.0. The summed E-state index contributed by atoms with van der Waals surface area (Å²) in [6.07, 6.45) is -0.577. The van der Waals surface area contributed by atoms with Crippen molar-refractivity contribution in [1.82, 2.24) is 10.6 Å². The highest BCUT2D eigenvalue weighted by Crippen LogP contribution is 2.29. The normalized spacial score (nSPS) is 14.1. The molecule has 0 fully saturated rings. The average Bonchev–Trinajstić information content (AvgIpc) is 3.00. The number of rotatable bonds is 7. The third kappa shape index (κ3) is 6.19. The second-order valence-electron chi connectivity index (χ2n) is 5.59. The largest absolute Gasteiger partial charge is 0.396 e. The van der Waals surface area contributed by atoms with Gasteiger partial charge in [0.1, 0.15) is 6.10 Å². The van der Waals surface area contributed by atoms with Crippen LogP contribution in [0.1, 0.15) is 24.8 Å². The zero-order valence-corrected chi connectivity index (χ0v) is 17.2. The van der Waals surface area contributed by atoms with E-state index in [1.807, 2.05) is 32.0 Å². The number of nitrogens with zero attached hydrogens (tertiary/aromatic N) is 1. The number of aliphatic imine (C=N–C) groups is 1. The van der Waals surface area contributed by atoms with Gasteiger partial charge in [-0.05, 0) is 30.4 Å². The lowest BCUT2D eigenvalue weighted by Crippen LogP contribution is -2.39. The third-order valence-corrected chi connectivity index (χ3v) is 4.67. The minimum atomic E-state index is -0.577. The summed E-state index contributed by atoms with van der Waals surface area (Å²) in [7, 11) is 0. The van der Waals surface area contributed by atoms with Crippen LogP contribution in [0.2, 0.25) is 0 Å². The maximum atomic E-state index is 10.4. The van der Waals surface area contributed by atoms with Crippen LogP contribution in [0.4, 0.5) is 0 Å². The Morgan fingerprint density at radius 3 is 2.71 bits per heavy atom. The number of halogens is 1. The van der Waals surface area contributed by atoms with Gasteiger partial charge in [0.05, 0.1) is 0 Å². The van der Waals surface area contributed by atoms with Crippen LogP contribution in [-0.4, -0.2) is 42.4 Å². The molecule has 7 heteroatoms. The zero-order chi connectivity index (χ0) is 16.7. The van der Waals surface area contributed by atoms with Crippen LogP contribution in [0.3, 0.4) is 0 Å². The Balaban J connectivity index is 0.00000288. The monoisotopic (exact) mass is 463 g/mol. The van der Waals surface area contributed by atoms with E-state index in [9.17, 15) is 5.11 Å². The first-order chi connectivity index (χ1) is 11.1. The lowest BCUT2D eigenvalue weighted by Gasteiger charge is -2.15. The molecule has 1 aromatic carbocycles. The van der Waals surface area contributed by atoms with Crippen molar-refractivity contribution in [1.29, 1.82) is 0 Å². The van der Waals surface area contributed by atoms with E-state index in [1.54, 1.807) is 11.3 Å². The van der Waals surface area contributed by atoms with Crippen LogP contribution in [0.25, 0.3) is 10.1 Å². The Morgan fingerprint density at radius 1 is 1.29 bits per heavy atom. The Bertz CT molecular complexity index is 615. The molecule has 4 N–H and O–H groups in total. The molecule has 2 unspecified atom stereocenters. The number of nitrogens with one attached hydrogen (secondary N) is 2. The van der Waals surface area contributed by atoms with E-state index >= 15 is 0 Å². The topological polar surface area (TPSA) is 76.9 Å². The first-order valence-corrected chi connectivity index (χ1v) is 8.75. The van der Waals surface area contributed by atoms with Crippen molar-refractivity contribution in [2.24, 2.45) is 10.9 Å². The Kier molecular flexibility index (Phi) is 9.57. The molecule has 0 aliphatic rings. The van der Waals surface area contributed by atoms with Gasteiger partial charge in [0.25, 0.3) is 0 Å². The molecule has 2 rings (SSSR count). The molecule has 1 aromatic heterocycles. The van der Waals surface area contributed by atoms with E-state index in [1.165, 1.54) is 4.70 Å². The van der Waals surface area contributed by atoms with Gasteiger partial charge >= 0.3 is 0 Å². The fourth-order valence-corrected chi connectivity index (χ4v) is 3.16. The minimum absolute atomic E-state index is 0. The zero-order valence-electron chi connectivity index (χ0n) is 14.0. The third-order valence-electron chi connectivity index (χ3n) is 3.45. The van der Waals surface area contributed by atoms with Gasteiger partial charge in [-0.3, -0.25) is 4.99 Å². The van der Waals surface area contributed by atoms with E-state index in [0.29, 0.717) is 19.0 Å². The minimum Gasteiger partial charge on any atom is -0.396 e. The van der Waals surface area contributed by atoms with E-state index in [4.69, 9.17) is 5.11 Å². The number of thiophene rings is 1. The van der Waals surface area contributed by atoms with Crippen molar-refractivity contribution >= 4 is 51.4 Å². The standard InChI is InChI=1S/C17H25N3O2S.HI/c1-3-18-17(19-9-12(2)11-21)20-10-14(22)16-8-13-6-4-5-7-15(13)23-16;/h4-8,12,14,21-22H,3,9-11H2,1-2H3,(H2,18,19,20);1H. The van der Waals surface area contributed by atoms with Gasteiger partial charge in [-0.2, -0.15) is 0 Å². The summed E-state index contributed by atoms with van der Waals surface area (Å²) in [5.41, 5.74) is 0. The fraction of sp³-hybridized carbons (Fsp3) is 0.471. The SMILES string of the molecule is CCNC(=NCC(C)CO)NCC(O)c1cc2ccccc2s1.I. The van der Waals surface area contributed by atoms with Crippen LogP contribution in [0.15, 0.2) is 35.3 Å². The van der Waals surface area contributed by atoms with Crippen molar-refractivity contribution in [3.8, 4) is 0 Å². The number of hydrogen-bond acceptors (Lipinski definition) is 4. The molecule has 134 valence electrons. The van der Waals surface area contributed by atoms with Crippen molar-refractivity contribution in [2.75, 3.05) is 26.2 Å². The van der Waals surface area contributed by atoms with Gasteiger partial charge in [0, 0.05) is 35.8 Å². The number of hydrogen-bond donors (Lipinski definition) is 4. The lowest BCUT2D eigenvalue weighted by molar-refractivity contribution is 0.184. The van der Waals surface area contributed by atoms with E-state index < -0.39 is 6.10 Å². The van der Waals surface area contributed by atoms with Crippen molar-refractivity contribution in [3.63, 3.8) is 0 Å². The molecular formula is C17H26IN3O2S. The molecule has 2 aromatic rings. The lowest BCUT2D eigenvalue weighted by atomic mass is 10.2. The van der Waals surface area contributed by atoms with Gasteiger partial charge in [-0.15, -0.1) is 35.3 Å². The summed E-state index contributed by atoms with van der Waals surface area (Å²) in [5, 5.41) is 26.9. The van der Waals surface area contributed by atoms with Crippen molar-refractivity contribution in [3.05, 3.63) is 35.2 Å². The molecular weight excluding hydrogens is 437 g/mol. The van der Waals surface area contributed by atoms with E-state index in [2.05, 4.69) is 27.8 Å². The summed E-state index contributed by atoms with van der Waals surface area (Å²) in [5.74, 6) is 0.783. The van der Waals surface area contributed by atoms with Gasteiger partial charge in [0.15, 0.2) is 5.96 Å². The molecule has 0 aliphatic carbocycles. The number of aliphatic hydroxyl groups excluding tert-OH is 2. The summed E-state index contributed by atoms with van der Waals surface area (Å²) >= 11 is 1.61. The molecule has 0 saturated carbocycles. The van der Waals surface area contributed by atoms with Crippen LogP contribution in [0.5, 0.6) is 0 Å². The Morgan fingerprint density at radius 2 is 2.04 bits per heavy atom. The van der Waals surface area contributed by atoms with Crippen LogP contribution in [0, 0.1) is 5.92 Å². The second kappa shape index (κ2) is 10.9. The molecule has 0 bridgehead atoms. The second-order valence-corrected chi connectivity index (χ2v) is 6.71. The van der Waals surface area contributed by atoms with Crippen molar-refractivity contribution in [2.45, 2.75) is 20.0 Å². The van der Waals surface area contributed by atoms with Crippen molar-refractivity contribution < 1.29 is 10.2 Å². The molecule has 0 amide bonds. The first-order valence-electron chi connectivity index (χ1n) is 7.93. The highest BCUT2D eigenvalue weighted by Gasteiger charge is 2.12. The number of benzene rings is 1. The summed E-state index contributed by atoms with van der Waals surface area (Å²) in [6, 6.07) is 10.2. The van der Waals surface area contributed by atoms with Gasteiger partial charge in [-0.25, -0.2) is 0 Å². The van der Waals surface area contributed by atoms with Crippen LogP contribution >= 0.6 is 35.3 Å². The maximum Gasteiger partial charge on any atom is 0.191 e. The molecule has 24 heavy (non-hydrogen) atoms. The number of aliphatic hydroxyl groups is 2. The number of fused-ring (bicyclic) bond motifs is 1. The van der Waals surface area contributed by atoms with E-state index in [-0.39, 0.29) is 36.5 Å². The summed E-state index contributed by atoms with van der Waals surface area (Å²) in [4.78, 5) is 5.36. The quantitative estimate of drug-likeness (QED) is 0.290. The van der Waals surface area contributed by atoms with Crippen LogP contribution in [-0.2, 0) is 0 Å². The Labute approximate surface area is 164 Å². The molecule has 0 aliphatic heterocycles. The molecule has 0 radical (unpaired) electrons. The summed E-state index contributed by atoms with van der Waals surface area (Å²) < 4.78 is 1.18. The Hall–Kier alpha value is -0.900. The fourth-order valence-electron chi connectivity index (χ4n) is 2.11. The predicted molar refractivity (Wildman–Crippen MR) is 112 cm³/mol. The molecule has 1 heterocycles. The molecule has 0 saturated heterocycles. The smallest absolute Gasteiger partial charge is 0.191 e. The number of guanidine groups is 1. The average molecular weight is 463 g/mol. The predicted octanol–water partition coefficient (Wildman–Crippen LogP) is 2.74. The molecule has 5 nitrogen and oxygen atoms in total. The summed E-state index contributed by atoms with van der Waals surface area (Å²) in [6.45, 7) is 5.75.